The van der Waals surface area contributed by atoms with Gasteiger partial charge in [-0.05, 0) is 59.7 Å². The Bertz CT molecular complexity index is 1000. The molecule has 4 rings (SSSR count). The van der Waals surface area contributed by atoms with Crippen LogP contribution in [0.4, 0.5) is 0 Å². The molecule has 0 amide bonds. The number of phenolic OH excluding ortho intramolecular Hbond substituents is 3. The van der Waals surface area contributed by atoms with Crippen LogP contribution in [0.2, 0.25) is 0 Å². The SMILES string of the molecule is O=C1c2c(O)cccc2Cc2ccc(CCc3ccc(O)cc3)c(O)c21. The van der Waals surface area contributed by atoms with Gasteiger partial charge in [-0.25, -0.2) is 0 Å². The van der Waals surface area contributed by atoms with Crippen LogP contribution in [0.1, 0.15) is 38.2 Å². The number of rotatable bonds is 3. The first kappa shape index (κ1) is 16.2. The van der Waals surface area contributed by atoms with Crippen LogP contribution in [0.25, 0.3) is 0 Å². The minimum atomic E-state index is -0.330. The van der Waals surface area contributed by atoms with E-state index in [2.05, 4.69) is 0 Å². The predicted molar refractivity (Wildman–Crippen MR) is 98.0 cm³/mol. The second-order valence-corrected chi connectivity index (χ2v) is 6.59. The van der Waals surface area contributed by atoms with Crippen LogP contribution in [0.5, 0.6) is 17.2 Å². The zero-order chi connectivity index (χ0) is 18.3. The number of carbonyl (C=O) groups is 1. The van der Waals surface area contributed by atoms with Crippen molar-refractivity contribution >= 4 is 5.78 Å². The van der Waals surface area contributed by atoms with Gasteiger partial charge in [0.15, 0.2) is 0 Å². The van der Waals surface area contributed by atoms with Crippen molar-refractivity contribution in [3.05, 3.63) is 88.0 Å². The van der Waals surface area contributed by atoms with Crippen molar-refractivity contribution in [1.82, 2.24) is 0 Å². The van der Waals surface area contributed by atoms with Crippen LogP contribution in [0, 0.1) is 0 Å². The van der Waals surface area contributed by atoms with Gasteiger partial charge in [0.05, 0.1) is 11.1 Å². The number of aromatic hydroxyl groups is 3. The molecule has 0 saturated carbocycles. The number of hydrogen-bond donors (Lipinski definition) is 3. The molecule has 0 spiro atoms. The number of hydrogen-bond acceptors (Lipinski definition) is 4. The number of benzene rings is 3. The number of ketones is 1. The molecule has 0 unspecified atom stereocenters. The van der Waals surface area contributed by atoms with E-state index in [1.54, 1.807) is 18.2 Å². The molecule has 4 heteroatoms. The van der Waals surface area contributed by atoms with Crippen LogP contribution in [0.15, 0.2) is 54.6 Å². The first-order valence-electron chi connectivity index (χ1n) is 8.52. The summed E-state index contributed by atoms with van der Waals surface area (Å²) in [6.45, 7) is 0. The molecule has 130 valence electrons. The Balaban J connectivity index is 1.66. The van der Waals surface area contributed by atoms with Gasteiger partial charge < -0.3 is 15.3 Å². The quantitative estimate of drug-likeness (QED) is 0.528. The Morgan fingerprint density at radius 2 is 1.50 bits per heavy atom. The summed E-state index contributed by atoms with van der Waals surface area (Å²) in [6.07, 6.45) is 1.77. The summed E-state index contributed by atoms with van der Waals surface area (Å²) in [5, 5.41) is 30.1. The lowest BCUT2D eigenvalue weighted by Gasteiger charge is -2.21. The van der Waals surface area contributed by atoms with Crippen molar-refractivity contribution in [2.75, 3.05) is 0 Å². The monoisotopic (exact) mass is 346 g/mol. The van der Waals surface area contributed by atoms with E-state index in [1.807, 2.05) is 30.3 Å². The number of phenols is 3. The fourth-order valence-electron chi connectivity index (χ4n) is 3.55. The zero-order valence-electron chi connectivity index (χ0n) is 14.1. The van der Waals surface area contributed by atoms with E-state index in [4.69, 9.17) is 0 Å². The van der Waals surface area contributed by atoms with Crippen molar-refractivity contribution in [2.45, 2.75) is 19.3 Å². The minimum Gasteiger partial charge on any atom is -0.508 e. The largest absolute Gasteiger partial charge is 0.508 e. The summed E-state index contributed by atoms with van der Waals surface area (Å²) < 4.78 is 0. The van der Waals surface area contributed by atoms with E-state index in [0.717, 1.165) is 16.7 Å². The molecule has 3 aromatic rings. The van der Waals surface area contributed by atoms with Gasteiger partial charge >= 0.3 is 0 Å². The molecule has 0 atom stereocenters. The fourth-order valence-corrected chi connectivity index (χ4v) is 3.55. The highest BCUT2D eigenvalue weighted by Crippen LogP contribution is 2.38. The molecule has 1 aliphatic carbocycles. The van der Waals surface area contributed by atoms with Gasteiger partial charge in [-0.3, -0.25) is 4.79 Å². The van der Waals surface area contributed by atoms with Crippen molar-refractivity contribution < 1.29 is 20.1 Å². The number of fused-ring (bicyclic) bond motifs is 2. The maximum absolute atomic E-state index is 12.9. The smallest absolute Gasteiger partial charge is 0.201 e. The van der Waals surface area contributed by atoms with Gasteiger partial charge in [0, 0.05) is 0 Å². The summed E-state index contributed by atoms with van der Waals surface area (Å²) in [5.74, 6) is -0.162. The molecule has 1 aliphatic rings. The Morgan fingerprint density at radius 1 is 0.769 bits per heavy atom. The van der Waals surface area contributed by atoms with E-state index in [-0.39, 0.29) is 28.6 Å². The lowest BCUT2D eigenvalue weighted by Crippen LogP contribution is -2.16. The summed E-state index contributed by atoms with van der Waals surface area (Å²) in [4.78, 5) is 12.9. The number of aryl methyl sites for hydroxylation is 2. The van der Waals surface area contributed by atoms with E-state index in [1.165, 1.54) is 6.07 Å². The molecular weight excluding hydrogens is 328 g/mol. The summed E-state index contributed by atoms with van der Waals surface area (Å²) in [5.41, 5.74) is 3.87. The minimum absolute atomic E-state index is 0.000168. The second kappa shape index (κ2) is 6.23. The maximum Gasteiger partial charge on any atom is 0.201 e. The molecule has 0 aliphatic heterocycles. The maximum atomic E-state index is 12.9. The van der Waals surface area contributed by atoms with Crippen molar-refractivity contribution in [1.29, 1.82) is 0 Å². The van der Waals surface area contributed by atoms with E-state index in [9.17, 15) is 20.1 Å². The highest BCUT2D eigenvalue weighted by molar-refractivity contribution is 6.15. The topological polar surface area (TPSA) is 77.8 Å². The van der Waals surface area contributed by atoms with E-state index >= 15 is 0 Å². The summed E-state index contributed by atoms with van der Waals surface area (Å²) >= 11 is 0. The van der Waals surface area contributed by atoms with Gasteiger partial charge in [-0.15, -0.1) is 0 Å². The first-order valence-corrected chi connectivity index (χ1v) is 8.52. The predicted octanol–water partition coefficient (Wildman–Crippen LogP) is 3.72. The van der Waals surface area contributed by atoms with Crippen LogP contribution >= 0.6 is 0 Å². The van der Waals surface area contributed by atoms with Crippen molar-refractivity contribution in [3.63, 3.8) is 0 Å². The molecule has 0 aromatic heterocycles. The fraction of sp³-hybridized carbons (Fsp3) is 0.136. The first-order chi connectivity index (χ1) is 12.5. The molecule has 4 nitrogen and oxygen atoms in total. The zero-order valence-corrected chi connectivity index (χ0v) is 14.1. The standard InChI is InChI=1S/C22H18O4/c23-17-10-5-13(6-11-17)4-7-14-8-9-16-12-15-2-1-3-18(24)19(15)22(26)20(16)21(14)25/h1-3,5-6,8-11,23-25H,4,7,12H2. The second-order valence-electron chi connectivity index (χ2n) is 6.59. The Labute approximate surface area is 151 Å². The third-order valence-electron chi connectivity index (χ3n) is 4.93. The molecule has 26 heavy (non-hydrogen) atoms. The third-order valence-corrected chi connectivity index (χ3v) is 4.93. The van der Waals surface area contributed by atoms with Gasteiger partial charge in [0.25, 0.3) is 0 Å². The Hall–Kier alpha value is -3.27. The van der Waals surface area contributed by atoms with Gasteiger partial charge in [0.2, 0.25) is 5.78 Å². The Morgan fingerprint density at radius 3 is 2.27 bits per heavy atom. The van der Waals surface area contributed by atoms with Gasteiger partial charge in [-0.1, -0.05) is 36.4 Å². The molecule has 0 saturated heterocycles. The molecule has 0 fully saturated rings. The molecule has 0 radical (unpaired) electrons. The molecule has 3 aromatic carbocycles. The lowest BCUT2D eigenvalue weighted by atomic mass is 9.82. The summed E-state index contributed by atoms with van der Waals surface area (Å²) in [6, 6.07) is 15.7. The van der Waals surface area contributed by atoms with Crippen molar-refractivity contribution in [3.8, 4) is 17.2 Å². The van der Waals surface area contributed by atoms with Gasteiger partial charge in [-0.2, -0.15) is 0 Å². The van der Waals surface area contributed by atoms with E-state index in [0.29, 0.717) is 30.4 Å². The van der Waals surface area contributed by atoms with Gasteiger partial charge in [0.1, 0.15) is 17.2 Å². The highest BCUT2D eigenvalue weighted by atomic mass is 16.3. The van der Waals surface area contributed by atoms with Crippen LogP contribution in [-0.2, 0) is 19.3 Å². The van der Waals surface area contributed by atoms with Crippen LogP contribution < -0.4 is 0 Å². The average molecular weight is 346 g/mol. The van der Waals surface area contributed by atoms with E-state index < -0.39 is 0 Å². The number of carbonyl (C=O) groups excluding carboxylic acids is 1. The molecular formula is C22H18O4. The van der Waals surface area contributed by atoms with Crippen LogP contribution in [0.3, 0.4) is 0 Å². The lowest BCUT2D eigenvalue weighted by molar-refractivity contribution is 0.102. The third kappa shape index (κ3) is 2.69. The normalized spacial score (nSPS) is 12.5. The van der Waals surface area contributed by atoms with Crippen LogP contribution in [-0.4, -0.2) is 21.1 Å². The van der Waals surface area contributed by atoms with Crippen molar-refractivity contribution in [2.24, 2.45) is 0 Å². The molecule has 0 bridgehead atoms. The molecule has 3 N–H and O–H groups in total. The summed E-state index contributed by atoms with van der Waals surface area (Å²) in [7, 11) is 0. The highest BCUT2D eigenvalue weighted by Gasteiger charge is 2.29. The molecule has 0 heterocycles. The Kier molecular flexibility index (Phi) is 3.88. The average Bonchev–Trinajstić information content (AvgIpc) is 2.62.